The molecule has 0 bridgehead atoms. The van der Waals surface area contributed by atoms with Gasteiger partial charge in [0.2, 0.25) is 0 Å². The molecular weight excluding hydrogens is 150 g/mol. The molecule has 0 aromatic heterocycles. The van der Waals surface area contributed by atoms with Gasteiger partial charge in [-0.15, -0.1) is 13.2 Å². The van der Waals surface area contributed by atoms with Gasteiger partial charge in [-0.3, -0.25) is 0 Å². The van der Waals surface area contributed by atoms with E-state index in [1.165, 1.54) is 6.08 Å². The summed E-state index contributed by atoms with van der Waals surface area (Å²) in [6, 6.07) is 0. The third-order valence-electron chi connectivity index (χ3n) is 0.951. The topological polar surface area (TPSA) is 57.9 Å². The quantitative estimate of drug-likeness (QED) is 0.558. The molecule has 0 aliphatic heterocycles. The zero-order valence-corrected chi connectivity index (χ0v) is 6.39. The predicted molar refractivity (Wildman–Crippen MR) is 41.1 cm³/mol. The Labute approximate surface area is 61.2 Å². The van der Waals surface area contributed by atoms with Gasteiger partial charge in [0.1, 0.15) is 5.37 Å². The molecule has 0 fully saturated rings. The molecule has 4 heteroatoms. The van der Waals surface area contributed by atoms with E-state index >= 15 is 0 Å². The van der Waals surface area contributed by atoms with Crippen molar-refractivity contribution in [1.29, 1.82) is 0 Å². The van der Waals surface area contributed by atoms with E-state index in [1.54, 1.807) is 0 Å². The fourth-order valence-electron chi connectivity index (χ4n) is 0.415. The minimum Gasteiger partial charge on any atom is -0.235 e. The zero-order valence-electron chi connectivity index (χ0n) is 5.58. The Morgan fingerprint density at radius 3 is 2.30 bits per heavy atom. The Morgan fingerprint density at radius 1 is 1.50 bits per heavy atom. The predicted octanol–water partition coefficient (Wildman–Crippen LogP) is 0.382. The Kier molecular flexibility index (Phi) is 3.32. The lowest BCUT2D eigenvalue weighted by Crippen LogP contribution is -2.21. The molecule has 1 atom stereocenters. The minimum atomic E-state index is -3.33. The first-order valence-corrected chi connectivity index (χ1v) is 4.42. The molecule has 0 amide bonds. The number of rotatable bonds is 4. The molecule has 0 rings (SSSR count). The van der Waals surface area contributed by atoms with Gasteiger partial charge in [0.25, 0.3) is 0 Å². The second-order valence-electron chi connectivity index (χ2n) is 1.77. The summed E-state index contributed by atoms with van der Waals surface area (Å²) in [6.07, 6.45) is 2.35. The van der Waals surface area contributed by atoms with Crippen LogP contribution in [0.1, 0.15) is 0 Å². The molecule has 0 aliphatic carbocycles. The van der Waals surface area contributed by atoms with Crippen molar-refractivity contribution in [2.75, 3.05) is 5.75 Å². The molecule has 10 heavy (non-hydrogen) atoms. The van der Waals surface area contributed by atoms with Crippen molar-refractivity contribution in [2.45, 2.75) is 5.37 Å². The molecular formula is C6H10NO2S. The third-order valence-corrected chi connectivity index (χ3v) is 2.62. The van der Waals surface area contributed by atoms with Gasteiger partial charge in [-0.2, -0.15) is 0 Å². The Morgan fingerprint density at radius 2 is 2.00 bits per heavy atom. The second kappa shape index (κ2) is 3.53. The van der Waals surface area contributed by atoms with Crippen LogP contribution in [0, 0.1) is 0 Å². The van der Waals surface area contributed by atoms with E-state index in [1.807, 2.05) is 0 Å². The van der Waals surface area contributed by atoms with Gasteiger partial charge < -0.3 is 0 Å². The maximum atomic E-state index is 10.8. The van der Waals surface area contributed by atoms with E-state index in [0.717, 1.165) is 6.08 Å². The molecule has 0 saturated carbocycles. The average molecular weight is 160 g/mol. The highest BCUT2D eigenvalue weighted by Gasteiger charge is 2.15. The molecule has 3 nitrogen and oxygen atoms in total. The van der Waals surface area contributed by atoms with Crippen LogP contribution in [-0.2, 0) is 9.84 Å². The highest BCUT2D eigenvalue weighted by Crippen LogP contribution is 1.98. The van der Waals surface area contributed by atoms with Crippen LogP contribution in [0.4, 0.5) is 0 Å². The van der Waals surface area contributed by atoms with Crippen molar-refractivity contribution in [3.63, 3.8) is 0 Å². The van der Waals surface area contributed by atoms with Crippen LogP contribution in [0.5, 0.6) is 0 Å². The standard InChI is InChI=1S/C6H10NO2S/c1-3-5-10(8,9)6(7)4-2/h3-4,6-7H,1-2,5H2. The van der Waals surface area contributed by atoms with Crippen LogP contribution < -0.4 is 5.73 Å². The molecule has 1 unspecified atom stereocenters. The van der Waals surface area contributed by atoms with Crippen LogP contribution in [0.25, 0.3) is 0 Å². The molecule has 0 aromatic rings. The molecule has 1 N–H and O–H groups in total. The first-order valence-electron chi connectivity index (χ1n) is 2.70. The van der Waals surface area contributed by atoms with E-state index in [0.29, 0.717) is 0 Å². The Balaban J connectivity index is 4.40. The van der Waals surface area contributed by atoms with Crippen molar-refractivity contribution in [2.24, 2.45) is 0 Å². The maximum absolute atomic E-state index is 10.8. The van der Waals surface area contributed by atoms with Crippen molar-refractivity contribution < 1.29 is 8.42 Å². The lowest BCUT2D eigenvalue weighted by molar-refractivity contribution is 0.591. The van der Waals surface area contributed by atoms with Gasteiger partial charge in [0.05, 0.1) is 5.75 Å². The van der Waals surface area contributed by atoms with Crippen LogP contribution >= 0.6 is 0 Å². The normalized spacial score (nSPS) is 14.1. The highest BCUT2D eigenvalue weighted by atomic mass is 32.2. The Bertz CT molecular complexity index is 218. The third kappa shape index (κ3) is 2.33. The molecule has 0 heterocycles. The van der Waals surface area contributed by atoms with E-state index in [-0.39, 0.29) is 5.75 Å². The van der Waals surface area contributed by atoms with E-state index in [9.17, 15) is 8.42 Å². The number of hydrogen-bond donors (Lipinski definition) is 0. The lowest BCUT2D eigenvalue weighted by atomic mass is 10.7. The minimum absolute atomic E-state index is 0.160. The summed E-state index contributed by atoms with van der Waals surface area (Å²) in [5, 5.41) is -1.22. The van der Waals surface area contributed by atoms with Crippen LogP contribution in [0.2, 0.25) is 0 Å². The van der Waals surface area contributed by atoms with Gasteiger partial charge in [0, 0.05) is 0 Å². The first kappa shape index (κ1) is 9.39. The number of nitrogens with one attached hydrogen (secondary N) is 1. The molecule has 57 valence electrons. The molecule has 0 aromatic carbocycles. The summed E-state index contributed by atoms with van der Waals surface area (Å²) >= 11 is 0. The summed E-state index contributed by atoms with van der Waals surface area (Å²) < 4.78 is 21.7. The van der Waals surface area contributed by atoms with Gasteiger partial charge in [-0.05, 0) is 0 Å². The van der Waals surface area contributed by atoms with E-state index in [4.69, 9.17) is 5.73 Å². The van der Waals surface area contributed by atoms with Gasteiger partial charge >= 0.3 is 0 Å². The maximum Gasteiger partial charge on any atom is 0.174 e. The van der Waals surface area contributed by atoms with Gasteiger partial charge in [-0.25, -0.2) is 14.2 Å². The van der Waals surface area contributed by atoms with Crippen LogP contribution in [-0.4, -0.2) is 19.5 Å². The van der Waals surface area contributed by atoms with Crippen molar-refractivity contribution >= 4 is 9.84 Å². The molecule has 0 saturated heterocycles. The summed E-state index contributed by atoms with van der Waals surface area (Å²) in [6.45, 7) is 6.47. The summed E-state index contributed by atoms with van der Waals surface area (Å²) in [5.74, 6) is -0.160. The average Bonchev–Trinajstić information content (AvgIpc) is 1.86. The largest absolute Gasteiger partial charge is 0.235 e. The van der Waals surface area contributed by atoms with Gasteiger partial charge in [0.15, 0.2) is 9.84 Å². The fraction of sp³-hybridized carbons (Fsp3) is 0.333. The molecule has 1 radical (unpaired) electrons. The van der Waals surface area contributed by atoms with Crippen molar-refractivity contribution in [3.05, 3.63) is 25.3 Å². The number of hydrogen-bond acceptors (Lipinski definition) is 2. The van der Waals surface area contributed by atoms with E-state index in [2.05, 4.69) is 13.2 Å². The summed E-state index contributed by atoms with van der Waals surface area (Å²) in [5.41, 5.74) is 6.97. The smallest absolute Gasteiger partial charge is 0.174 e. The highest BCUT2D eigenvalue weighted by molar-refractivity contribution is 7.92. The fourth-order valence-corrected chi connectivity index (χ4v) is 1.24. The van der Waals surface area contributed by atoms with Crippen LogP contribution in [0.15, 0.2) is 25.3 Å². The zero-order chi connectivity index (χ0) is 8.20. The van der Waals surface area contributed by atoms with E-state index < -0.39 is 15.2 Å². The second-order valence-corrected chi connectivity index (χ2v) is 3.94. The monoisotopic (exact) mass is 160 g/mol. The number of sulfone groups is 1. The summed E-state index contributed by atoms with van der Waals surface area (Å²) in [4.78, 5) is 0. The summed E-state index contributed by atoms with van der Waals surface area (Å²) in [7, 11) is -3.33. The van der Waals surface area contributed by atoms with Crippen molar-refractivity contribution in [1.82, 2.24) is 5.73 Å². The van der Waals surface area contributed by atoms with Gasteiger partial charge in [-0.1, -0.05) is 12.2 Å². The first-order chi connectivity index (χ1) is 4.54. The lowest BCUT2D eigenvalue weighted by Gasteiger charge is -2.02. The Hall–Kier alpha value is -0.610. The molecule has 0 aliphatic rings. The van der Waals surface area contributed by atoms with Crippen molar-refractivity contribution in [3.8, 4) is 0 Å². The SMILES string of the molecule is C=CCS(=O)(=O)C([NH])C=C. The van der Waals surface area contributed by atoms with Crippen LogP contribution in [0.3, 0.4) is 0 Å². The molecule has 0 spiro atoms.